The van der Waals surface area contributed by atoms with E-state index < -0.39 is 6.04 Å². The van der Waals surface area contributed by atoms with Crippen molar-refractivity contribution in [2.24, 2.45) is 17.6 Å². The molecule has 4 nitrogen and oxygen atoms in total. The first-order valence-corrected chi connectivity index (χ1v) is 5.53. The maximum Gasteiger partial charge on any atom is 0.241 e. The SMILES string of the molecule is CC(C)[C@H](N)C(=O)N1[C@H](C#N)C[C@@H]2C[C@@H]21. The summed E-state index contributed by atoms with van der Waals surface area (Å²) in [5, 5.41) is 8.96. The molecule has 0 spiro atoms. The molecule has 1 saturated carbocycles. The molecule has 0 aromatic carbocycles. The van der Waals surface area contributed by atoms with Gasteiger partial charge in [0.2, 0.25) is 5.91 Å². The van der Waals surface area contributed by atoms with Gasteiger partial charge in [-0.1, -0.05) is 13.8 Å². The zero-order valence-corrected chi connectivity index (χ0v) is 9.18. The number of carbonyl (C=O) groups excluding carboxylic acids is 1. The van der Waals surface area contributed by atoms with Gasteiger partial charge in [-0.2, -0.15) is 5.26 Å². The third-order valence-corrected chi connectivity index (χ3v) is 3.51. The van der Waals surface area contributed by atoms with Crippen molar-refractivity contribution in [3.63, 3.8) is 0 Å². The number of likely N-dealkylation sites (tertiary alicyclic amines) is 1. The van der Waals surface area contributed by atoms with Gasteiger partial charge in [0.1, 0.15) is 6.04 Å². The Kier molecular flexibility index (Phi) is 2.43. The van der Waals surface area contributed by atoms with Gasteiger partial charge >= 0.3 is 0 Å². The third kappa shape index (κ3) is 1.61. The van der Waals surface area contributed by atoms with E-state index in [9.17, 15) is 4.79 Å². The number of nitriles is 1. The first-order chi connectivity index (χ1) is 7.06. The quantitative estimate of drug-likeness (QED) is 0.716. The summed E-state index contributed by atoms with van der Waals surface area (Å²) < 4.78 is 0. The molecule has 0 aromatic rings. The van der Waals surface area contributed by atoms with E-state index in [-0.39, 0.29) is 17.9 Å². The number of nitrogens with zero attached hydrogens (tertiary/aromatic N) is 2. The molecule has 15 heavy (non-hydrogen) atoms. The van der Waals surface area contributed by atoms with E-state index in [1.54, 1.807) is 4.90 Å². The highest BCUT2D eigenvalue weighted by Crippen LogP contribution is 2.47. The fourth-order valence-corrected chi connectivity index (χ4v) is 2.35. The van der Waals surface area contributed by atoms with E-state index in [0.29, 0.717) is 12.0 Å². The van der Waals surface area contributed by atoms with Crippen LogP contribution in [0.1, 0.15) is 26.7 Å². The Bertz CT molecular complexity index is 320. The first-order valence-electron chi connectivity index (χ1n) is 5.53. The molecule has 4 heteroatoms. The van der Waals surface area contributed by atoms with Crippen LogP contribution >= 0.6 is 0 Å². The standard InChI is InChI=1S/C11H17N3O/c1-6(2)10(13)11(15)14-8(5-12)3-7-4-9(7)14/h6-10H,3-4,13H2,1-2H3/t7-,8+,9+,10+/m1/s1. The van der Waals surface area contributed by atoms with Gasteiger partial charge in [-0.05, 0) is 24.7 Å². The lowest BCUT2D eigenvalue weighted by Crippen LogP contribution is -2.49. The molecule has 4 atom stereocenters. The molecule has 0 radical (unpaired) electrons. The van der Waals surface area contributed by atoms with E-state index in [2.05, 4.69) is 6.07 Å². The van der Waals surface area contributed by atoms with Crippen LogP contribution in [0.2, 0.25) is 0 Å². The normalized spacial score (nSPS) is 34.9. The van der Waals surface area contributed by atoms with Crippen molar-refractivity contribution in [1.82, 2.24) is 4.90 Å². The van der Waals surface area contributed by atoms with E-state index in [1.807, 2.05) is 13.8 Å². The topological polar surface area (TPSA) is 70.1 Å². The highest BCUT2D eigenvalue weighted by Gasteiger charge is 2.54. The average molecular weight is 207 g/mol. The molecule has 1 aliphatic carbocycles. The summed E-state index contributed by atoms with van der Waals surface area (Å²) in [6.07, 6.45) is 1.91. The van der Waals surface area contributed by atoms with Crippen LogP contribution in [0.15, 0.2) is 0 Å². The minimum atomic E-state index is -0.458. The number of fused-ring (bicyclic) bond motifs is 1. The third-order valence-electron chi connectivity index (χ3n) is 3.51. The van der Waals surface area contributed by atoms with Crippen LogP contribution in [-0.4, -0.2) is 28.9 Å². The second-order valence-corrected chi connectivity index (χ2v) is 4.96. The summed E-state index contributed by atoms with van der Waals surface area (Å²) in [7, 11) is 0. The molecule has 0 aromatic heterocycles. The van der Waals surface area contributed by atoms with E-state index in [1.165, 1.54) is 0 Å². The van der Waals surface area contributed by atoms with Crippen LogP contribution in [-0.2, 0) is 4.79 Å². The molecule has 82 valence electrons. The van der Waals surface area contributed by atoms with E-state index in [0.717, 1.165) is 12.8 Å². The molecule has 1 heterocycles. The number of carbonyl (C=O) groups is 1. The van der Waals surface area contributed by atoms with Gasteiger partial charge in [0, 0.05) is 6.04 Å². The monoisotopic (exact) mass is 207 g/mol. The minimum absolute atomic E-state index is 0.0402. The first kappa shape index (κ1) is 10.4. The Hall–Kier alpha value is -1.08. The van der Waals surface area contributed by atoms with Gasteiger partial charge < -0.3 is 10.6 Å². The fourth-order valence-electron chi connectivity index (χ4n) is 2.35. The van der Waals surface area contributed by atoms with Crippen LogP contribution in [0, 0.1) is 23.2 Å². The number of rotatable bonds is 2. The molecule has 1 saturated heterocycles. The number of hydrogen-bond donors (Lipinski definition) is 1. The highest BCUT2D eigenvalue weighted by molar-refractivity contribution is 5.83. The smallest absolute Gasteiger partial charge is 0.241 e. The summed E-state index contributed by atoms with van der Waals surface area (Å²) in [5.41, 5.74) is 5.84. The molecule has 2 aliphatic rings. The van der Waals surface area contributed by atoms with Gasteiger partial charge in [0.15, 0.2) is 0 Å². The minimum Gasteiger partial charge on any atom is -0.322 e. The Balaban J connectivity index is 2.09. The molecular formula is C11H17N3O. The lowest BCUT2D eigenvalue weighted by Gasteiger charge is -2.27. The summed E-state index contributed by atoms with van der Waals surface area (Å²) in [4.78, 5) is 13.8. The molecule has 2 rings (SSSR count). The summed E-state index contributed by atoms with van der Waals surface area (Å²) >= 11 is 0. The molecule has 1 amide bonds. The van der Waals surface area contributed by atoms with Crippen molar-refractivity contribution < 1.29 is 4.79 Å². The zero-order chi connectivity index (χ0) is 11.2. The highest BCUT2D eigenvalue weighted by atomic mass is 16.2. The molecule has 0 bridgehead atoms. The van der Waals surface area contributed by atoms with Gasteiger partial charge in [-0.3, -0.25) is 4.79 Å². The number of amides is 1. The Morgan fingerprint density at radius 1 is 1.53 bits per heavy atom. The zero-order valence-electron chi connectivity index (χ0n) is 9.18. The summed E-state index contributed by atoms with van der Waals surface area (Å²) in [6.45, 7) is 3.87. The maximum atomic E-state index is 12.0. The van der Waals surface area contributed by atoms with Crippen molar-refractivity contribution in [2.75, 3.05) is 0 Å². The van der Waals surface area contributed by atoms with Gasteiger partial charge in [0.25, 0.3) is 0 Å². The number of nitrogens with two attached hydrogens (primary N) is 1. The van der Waals surface area contributed by atoms with E-state index >= 15 is 0 Å². The maximum absolute atomic E-state index is 12.0. The number of piperidine rings is 1. The predicted molar refractivity (Wildman–Crippen MR) is 55.6 cm³/mol. The van der Waals surface area contributed by atoms with Crippen LogP contribution in [0.5, 0.6) is 0 Å². The summed E-state index contributed by atoms with van der Waals surface area (Å²) in [5.74, 6) is 0.661. The molecule has 2 N–H and O–H groups in total. The van der Waals surface area contributed by atoms with Crippen molar-refractivity contribution >= 4 is 5.91 Å². The Labute approximate surface area is 90.0 Å². The van der Waals surface area contributed by atoms with Crippen LogP contribution in [0.25, 0.3) is 0 Å². The van der Waals surface area contributed by atoms with Crippen molar-refractivity contribution in [1.29, 1.82) is 5.26 Å². The largest absolute Gasteiger partial charge is 0.322 e. The van der Waals surface area contributed by atoms with Crippen LogP contribution in [0.3, 0.4) is 0 Å². The number of hydrogen-bond acceptors (Lipinski definition) is 3. The predicted octanol–water partition coefficient (Wildman–Crippen LogP) is 0.483. The van der Waals surface area contributed by atoms with Gasteiger partial charge in [-0.25, -0.2) is 0 Å². The molecule has 0 unspecified atom stereocenters. The van der Waals surface area contributed by atoms with Gasteiger partial charge in [0.05, 0.1) is 12.1 Å². The van der Waals surface area contributed by atoms with Crippen molar-refractivity contribution in [3.8, 4) is 6.07 Å². The second kappa shape index (κ2) is 3.49. The van der Waals surface area contributed by atoms with Crippen LogP contribution in [0.4, 0.5) is 0 Å². The lowest BCUT2D eigenvalue weighted by atomic mass is 10.0. The molecular weight excluding hydrogens is 190 g/mol. The lowest BCUT2D eigenvalue weighted by molar-refractivity contribution is -0.134. The second-order valence-electron chi connectivity index (χ2n) is 4.96. The van der Waals surface area contributed by atoms with Crippen LogP contribution < -0.4 is 5.73 Å². The molecule has 1 aliphatic heterocycles. The molecule has 2 fully saturated rings. The van der Waals surface area contributed by atoms with E-state index in [4.69, 9.17) is 11.0 Å². The van der Waals surface area contributed by atoms with Crippen molar-refractivity contribution in [3.05, 3.63) is 0 Å². The average Bonchev–Trinajstić information content (AvgIpc) is 2.87. The van der Waals surface area contributed by atoms with Crippen molar-refractivity contribution in [2.45, 2.75) is 44.8 Å². The fraction of sp³-hybridized carbons (Fsp3) is 0.818. The Morgan fingerprint density at radius 3 is 2.73 bits per heavy atom. The van der Waals surface area contributed by atoms with Gasteiger partial charge in [-0.15, -0.1) is 0 Å². The Morgan fingerprint density at radius 2 is 2.20 bits per heavy atom. The summed E-state index contributed by atoms with van der Waals surface area (Å²) in [6, 6.07) is 1.82.